The van der Waals surface area contributed by atoms with Gasteiger partial charge in [0, 0.05) is 22.4 Å². The van der Waals surface area contributed by atoms with Crippen LogP contribution >= 0.6 is 11.3 Å². The molecule has 8 heteroatoms. The van der Waals surface area contributed by atoms with Crippen molar-refractivity contribution in [2.75, 3.05) is 0 Å². The molecule has 0 atom stereocenters. The molecule has 1 aliphatic rings. The van der Waals surface area contributed by atoms with Crippen LogP contribution in [0, 0.1) is 12.7 Å². The molecular weight excluding hydrogens is 447 g/mol. The fourth-order valence-corrected chi connectivity index (χ4v) is 6.67. The van der Waals surface area contributed by atoms with E-state index in [1.165, 1.54) is 29.9 Å². The van der Waals surface area contributed by atoms with Crippen LogP contribution in [0.5, 0.6) is 0 Å². The normalized spacial score (nSPS) is 16.1. The number of rotatable bonds is 4. The highest BCUT2D eigenvalue weighted by Gasteiger charge is 2.25. The van der Waals surface area contributed by atoms with Gasteiger partial charge in [-0.1, -0.05) is 37.5 Å². The number of thiazole rings is 1. The van der Waals surface area contributed by atoms with Crippen molar-refractivity contribution >= 4 is 32.3 Å². The average molecular weight is 471 g/mol. The van der Waals surface area contributed by atoms with Gasteiger partial charge in [0.1, 0.15) is 17.2 Å². The first-order valence-electron chi connectivity index (χ1n) is 10.7. The first-order chi connectivity index (χ1) is 15.4. The summed E-state index contributed by atoms with van der Waals surface area (Å²) in [5.74, 6) is 0.309. The highest BCUT2D eigenvalue weighted by atomic mass is 32.2. The third-order valence-electron chi connectivity index (χ3n) is 6.02. The summed E-state index contributed by atoms with van der Waals surface area (Å²) in [6.07, 6.45) is 5.33. The lowest BCUT2D eigenvalue weighted by Gasteiger charge is -2.25. The Bertz CT molecular complexity index is 1440. The largest absolute Gasteiger partial charge is 0.461 e. The zero-order chi connectivity index (χ0) is 22.3. The quantitative estimate of drug-likeness (QED) is 0.356. The molecule has 4 aromatic rings. The van der Waals surface area contributed by atoms with E-state index >= 15 is 0 Å². The highest BCUT2D eigenvalue weighted by molar-refractivity contribution is 7.90. The smallest absolute Gasteiger partial charge is 0.285 e. The molecule has 5 nitrogen and oxygen atoms in total. The van der Waals surface area contributed by atoms with Crippen LogP contribution in [0.15, 0.2) is 67.6 Å². The summed E-state index contributed by atoms with van der Waals surface area (Å²) < 4.78 is 51.6. The molecule has 1 fully saturated rings. The maximum atomic E-state index is 13.3. The Morgan fingerprint density at radius 2 is 1.78 bits per heavy atom. The van der Waals surface area contributed by atoms with Crippen molar-refractivity contribution in [3.8, 4) is 11.3 Å². The maximum absolute atomic E-state index is 13.3. The van der Waals surface area contributed by atoms with E-state index < -0.39 is 15.8 Å². The number of sulfonamides is 1. The van der Waals surface area contributed by atoms with Crippen molar-refractivity contribution < 1.29 is 17.2 Å². The molecule has 0 spiro atoms. The number of benzene rings is 2. The topological polar surface area (TPSA) is 64.6 Å². The van der Waals surface area contributed by atoms with Gasteiger partial charge in [-0.2, -0.15) is 8.42 Å². The van der Waals surface area contributed by atoms with Crippen LogP contribution in [0.2, 0.25) is 0 Å². The van der Waals surface area contributed by atoms with E-state index in [0.29, 0.717) is 4.80 Å². The van der Waals surface area contributed by atoms with Crippen molar-refractivity contribution in [2.24, 2.45) is 4.40 Å². The second-order valence-corrected chi connectivity index (χ2v) is 10.6. The van der Waals surface area contributed by atoms with Crippen molar-refractivity contribution in [3.63, 3.8) is 0 Å². The Balaban J connectivity index is 1.72. The third-order valence-corrected chi connectivity index (χ3v) is 8.26. The van der Waals surface area contributed by atoms with Gasteiger partial charge < -0.3 is 8.98 Å². The molecule has 2 aromatic carbocycles. The highest BCUT2D eigenvalue weighted by Crippen LogP contribution is 2.38. The van der Waals surface area contributed by atoms with Crippen molar-refractivity contribution in [1.82, 2.24) is 4.57 Å². The predicted octanol–water partition coefficient (Wildman–Crippen LogP) is 6.21. The average Bonchev–Trinajstić information content (AvgIpc) is 3.33. The molecule has 0 aliphatic heterocycles. The standard InChI is InChI=1S/C24H23FN2O3S2/c1-16-23(20-9-5-6-10-22(20)30-16)21-15-31-24(27(21)18-7-3-2-4-8-18)26-32(28,29)19-13-11-17(25)12-14-19/h5-6,9-15,18H,2-4,7-8H2,1H3. The fourth-order valence-electron chi connectivity index (χ4n) is 4.51. The monoisotopic (exact) mass is 470 g/mol. The van der Waals surface area contributed by atoms with Gasteiger partial charge in [0.2, 0.25) is 4.80 Å². The van der Waals surface area contributed by atoms with Crippen molar-refractivity contribution in [2.45, 2.75) is 50.0 Å². The molecule has 0 bridgehead atoms. The van der Waals surface area contributed by atoms with Gasteiger partial charge in [0.05, 0.1) is 10.6 Å². The minimum absolute atomic E-state index is 0.0195. The van der Waals surface area contributed by atoms with Crippen LogP contribution in [0.1, 0.15) is 43.9 Å². The van der Waals surface area contributed by atoms with Crippen LogP contribution in [0.4, 0.5) is 4.39 Å². The zero-order valence-electron chi connectivity index (χ0n) is 17.6. The van der Waals surface area contributed by atoms with Crippen LogP contribution in [-0.2, 0) is 10.0 Å². The van der Waals surface area contributed by atoms with Crippen LogP contribution in [-0.4, -0.2) is 13.0 Å². The van der Waals surface area contributed by atoms with Crippen LogP contribution < -0.4 is 4.80 Å². The van der Waals surface area contributed by atoms with E-state index in [2.05, 4.69) is 8.96 Å². The molecule has 5 rings (SSSR count). The molecule has 0 saturated heterocycles. The van der Waals surface area contributed by atoms with Gasteiger partial charge in [-0.25, -0.2) is 4.39 Å². The van der Waals surface area contributed by atoms with Gasteiger partial charge >= 0.3 is 0 Å². The van der Waals surface area contributed by atoms with E-state index in [1.54, 1.807) is 0 Å². The van der Waals surface area contributed by atoms with E-state index in [1.807, 2.05) is 36.6 Å². The Hall–Kier alpha value is -2.71. The zero-order valence-corrected chi connectivity index (χ0v) is 19.3. The van der Waals surface area contributed by atoms with E-state index in [0.717, 1.165) is 65.8 Å². The first kappa shape index (κ1) is 21.2. The number of furan rings is 1. The second-order valence-electron chi connectivity index (χ2n) is 8.12. The summed E-state index contributed by atoms with van der Waals surface area (Å²) in [4.78, 5) is 0.412. The number of hydrogen-bond acceptors (Lipinski definition) is 4. The summed E-state index contributed by atoms with van der Waals surface area (Å²) in [5, 5.41) is 2.97. The molecule has 2 aromatic heterocycles. The van der Waals surface area contributed by atoms with E-state index in [4.69, 9.17) is 4.42 Å². The lowest BCUT2D eigenvalue weighted by Crippen LogP contribution is -2.25. The van der Waals surface area contributed by atoms with Crippen LogP contribution in [0.25, 0.3) is 22.2 Å². The number of hydrogen-bond donors (Lipinski definition) is 0. The van der Waals surface area contributed by atoms with Gasteiger partial charge in [0.15, 0.2) is 0 Å². The molecule has 0 unspecified atom stereocenters. The Morgan fingerprint density at radius 1 is 1.06 bits per heavy atom. The van der Waals surface area contributed by atoms with Gasteiger partial charge in [-0.05, 0) is 50.1 Å². The Morgan fingerprint density at radius 3 is 2.53 bits per heavy atom. The molecule has 2 heterocycles. The molecular formula is C24H23FN2O3S2. The lowest BCUT2D eigenvalue weighted by atomic mass is 9.94. The minimum Gasteiger partial charge on any atom is -0.461 e. The number of nitrogens with zero attached hydrogens (tertiary/aromatic N) is 2. The number of para-hydroxylation sites is 1. The predicted molar refractivity (Wildman–Crippen MR) is 124 cm³/mol. The maximum Gasteiger partial charge on any atom is 0.285 e. The molecule has 1 saturated carbocycles. The first-order valence-corrected chi connectivity index (χ1v) is 13.0. The molecule has 1 aliphatic carbocycles. The summed E-state index contributed by atoms with van der Waals surface area (Å²) in [5.41, 5.74) is 2.71. The Labute approximate surface area is 189 Å². The summed E-state index contributed by atoms with van der Waals surface area (Å²) >= 11 is 1.31. The van der Waals surface area contributed by atoms with Gasteiger partial charge in [-0.15, -0.1) is 15.7 Å². The van der Waals surface area contributed by atoms with E-state index in [-0.39, 0.29) is 10.9 Å². The Kier molecular flexibility index (Phi) is 5.51. The SMILES string of the molecule is Cc1oc2ccccc2c1-c1csc(=NS(=O)(=O)c2ccc(F)cc2)n1C1CCCCC1. The summed E-state index contributed by atoms with van der Waals surface area (Å²) in [6.45, 7) is 1.93. The fraction of sp³-hybridized carbons (Fsp3) is 0.292. The lowest BCUT2D eigenvalue weighted by molar-refractivity contribution is 0.351. The molecule has 166 valence electrons. The number of halogens is 1. The molecule has 0 N–H and O–H groups in total. The number of aromatic nitrogens is 1. The summed E-state index contributed by atoms with van der Waals surface area (Å²) in [6, 6.07) is 12.8. The number of fused-ring (bicyclic) bond motifs is 1. The summed E-state index contributed by atoms with van der Waals surface area (Å²) in [7, 11) is -3.97. The van der Waals surface area contributed by atoms with Crippen molar-refractivity contribution in [1.29, 1.82) is 0 Å². The van der Waals surface area contributed by atoms with Gasteiger partial charge in [0.25, 0.3) is 10.0 Å². The van der Waals surface area contributed by atoms with Gasteiger partial charge in [-0.3, -0.25) is 0 Å². The third kappa shape index (κ3) is 3.82. The van der Waals surface area contributed by atoms with E-state index in [9.17, 15) is 12.8 Å². The molecule has 32 heavy (non-hydrogen) atoms. The second kappa shape index (κ2) is 8.33. The minimum atomic E-state index is -3.97. The van der Waals surface area contributed by atoms with Crippen LogP contribution in [0.3, 0.4) is 0 Å². The molecule has 0 amide bonds. The van der Waals surface area contributed by atoms with Crippen molar-refractivity contribution in [3.05, 3.63) is 70.3 Å². The molecule has 0 radical (unpaired) electrons. The number of aryl methyl sites for hydroxylation is 1.